The number of nitrogen functional groups attached to an aromatic ring is 1. The van der Waals surface area contributed by atoms with Crippen LogP contribution in [0.15, 0.2) is 48.8 Å². The number of hydrogen-bond donors (Lipinski definition) is 1. The summed E-state index contributed by atoms with van der Waals surface area (Å²) in [6.45, 7) is 0. The summed E-state index contributed by atoms with van der Waals surface area (Å²) in [6, 6.07) is 10.5. The van der Waals surface area contributed by atoms with Crippen LogP contribution in [-0.4, -0.2) is 4.98 Å². The highest BCUT2D eigenvalue weighted by Crippen LogP contribution is 2.28. The second kappa shape index (κ2) is 5.47. The van der Waals surface area contributed by atoms with E-state index in [0.29, 0.717) is 16.8 Å². The van der Waals surface area contributed by atoms with E-state index in [-0.39, 0.29) is 12.4 Å². The molecule has 0 bridgehead atoms. The molecule has 16 heavy (non-hydrogen) atoms. The van der Waals surface area contributed by atoms with Gasteiger partial charge in [0, 0.05) is 11.8 Å². The normalized spacial score (nSPS) is 11.6. The maximum atomic E-state index is 14.0. The minimum Gasteiger partial charge on any atom is -0.397 e. The highest BCUT2D eigenvalue weighted by atomic mass is 35.5. The molecule has 2 nitrogen and oxygen atoms in total. The number of aromatic nitrogens is 1. The largest absolute Gasteiger partial charge is 0.397 e. The van der Waals surface area contributed by atoms with Crippen molar-refractivity contribution in [3.05, 3.63) is 59.9 Å². The Hall–Kier alpha value is -1.61. The highest BCUT2D eigenvalue weighted by Gasteiger charge is 2.14. The van der Waals surface area contributed by atoms with Crippen LogP contribution in [0.4, 0.5) is 10.1 Å². The SMILES string of the molecule is Cl.Nc1cnccc1C(F)c1ccccc1. The van der Waals surface area contributed by atoms with Crippen LogP contribution in [0, 0.1) is 0 Å². The molecular formula is C12H12ClFN2. The second-order valence-corrected chi connectivity index (χ2v) is 3.28. The van der Waals surface area contributed by atoms with Crippen molar-refractivity contribution >= 4 is 18.1 Å². The molecule has 1 aromatic heterocycles. The van der Waals surface area contributed by atoms with E-state index in [9.17, 15) is 4.39 Å². The Morgan fingerprint density at radius 3 is 2.44 bits per heavy atom. The van der Waals surface area contributed by atoms with Crippen LogP contribution in [0.1, 0.15) is 17.3 Å². The molecule has 2 aromatic rings. The van der Waals surface area contributed by atoms with E-state index in [1.807, 2.05) is 6.07 Å². The smallest absolute Gasteiger partial charge is 0.152 e. The van der Waals surface area contributed by atoms with E-state index in [2.05, 4.69) is 4.98 Å². The number of anilines is 1. The molecule has 0 spiro atoms. The predicted molar refractivity (Wildman–Crippen MR) is 65.3 cm³/mol. The molecule has 0 radical (unpaired) electrons. The molecule has 1 atom stereocenters. The van der Waals surface area contributed by atoms with Gasteiger partial charge in [-0.1, -0.05) is 30.3 Å². The predicted octanol–water partition coefficient (Wildman–Crippen LogP) is 3.14. The van der Waals surface area contributed by atoms with Crippen molar-refractivity contribution < 1.29 is 4.39 Å². The van der Waals surface area contributed by atoms with Crippen LogP contribution in [0.3, 0.4) is 0 Å². The summed E-state index contributed by atoms with van der Waals surface area (Å²) in [5, 5.41) is 0. The number of rotatable bonds is 2. The number of pyridine rings is 1. The van der Waals surface area contributed by atoms with E-state index in [1.165, 1.54) is 6.20 Å². The van der Waals surface area contributed by atoms with Crippen LogP contribution < -0.4 is 5.73 Å². The minimum atomic E-state index is -1.19. The molecule has 2 N–H and O–H groups in total. The number of hydrogen-bond acceptors (Lipinski definition) is 2. The summed E-state index contributed by atoms with van der Waals surface area (Å²) >= 11 is 0. The molecule has 0 aliphatic heterocycles. The Morgan fingerprint density at radius 1 is 1.12 bits per heavy atom. The van der Waals surface area contributed by atoms with Gasteiger partial charge in [-0.2, -0.15) is 0 Å². The van der Waals surface area contributed by atoms with Gasteiger partial charge in [0.1, 0.15) is 0 Å². The van der Waals surface area contributed by atoms with Crippen molar-refractivity contribution in [2.75, 3.05) is 5.73 Å². The number of nitrogens with two attached hydrogens (primary N) is 1. The Bertz CT molecular complexity index is 448. The van der Waals surface area contributed by atoms with E-state index in [1.54, 1.807) is 36.5 Å². The highest BCUT2D eigenvalue weighted by molar-refractivity contribution is 5.85. The zero-order valence-electron chi connectivity index (χ0n) is 8.51. The lowest BCUT2D eigenvalue weighted by atomic mass is 10.0. The van der Waals surface area contributed by atoms with Gasteiger partial charge < -0.3 is 5.73 Å². The average molecular weight is 239 g/mol. The number of benzene rings is 1. The van der Waals surface area contributed by atoms with Gasteiger partial charge in [0.25, 0.3) is 0 Å². The number of alkyl halides is 1. The van der Waals surface area contributed by atoms with Gasteiger partial charge in [-0.25, -0.2) is 4.39 Å². The van der Waals surface area contributed by atoms with E-state index in [4.69, 9.17) is 5.73 Å². The van der Waals surface area contributed by atoms with Gasteiger partial charge in [0.05, 0.1) is 11.9 Å². The minimum absolute atomic E-state index is 0. The molecular weight excluding hydrogens is 227 g/mol. The molecule has 0 aliphatic carbocycles. The quantitative estimate of drug-likeness (QED) is 0.873. The summed E-state index contributed by atoms with van der Waals surface area (Å²) < 4.78 is 14.0. The molecule has 0 amide bonds. The van der Waals surface area contributed by atoms with Crippen molar-refractivity contribution in [1.29, 1.82) is 0 Å². The Labute approximate surface area is 99.7 Å². The molecule has 84 valence electrons. The Balaban J connectivity index is 0.00000128. The molecule has 0 aliphatic rings. The number of nitrogens with zero attached hydrogens (tertiary/aromatic N) is 1. The zero-order chi connectivity index (χ0) is 10.7. The van der Waals surface area contributed by atoms with Gasteiger partial charge in [0.2, 0.25) is 0 Å². The first-order valence-corrected chi connectivity index (χ1v) is 4.67. The second-order valence-electron chi connectivity index (χ2n) is 3.28. The van der Waals surface area contributed by atoms with Gasteiger partial charge >= 0.3 is 0 Å². The third-order valence-corrected chi connectivity index (χ3v) is 2.25. The van der Waals surface area contributed by atoms with Crippen LogP contribution >= 0.6 is 12.4 Å². The summed E-state index contributed by atoms with van der Waals surface area (Å²) in [6.07, 6.45) is 1.82. The van der Waals surface area contributed by atoms with Crippen LogP contribution in [-0.2, 0) is 0 Å². The zero-order valence-corrected chi connectivity index (χ0v) is 9.32. The van der Waals surface area contributed by atoms with Gasteiger partial charge in [0.15, 0.2) is 6.17 Å². The van der Waals surface area contributed by atoms with Crippen molar-refractivity contribution in [2.24, 2.45) is 0 Å². The summed E-state index contributed by atoms with van der Waals surface area (Å²) in [4.78, 5) is 3.83. The molecule has 1 unspecified atom stereocenters. The standard InChI is InChI=1S/C12H11FN2.ClH/c13-12(9-4-2-1-3-5-9)10-6-7-15-8-11(10)14;/h1-8,12H,14H2;1H. The third kappa shape index (κ3) is 2.49. The van der Waals surface area contributed by atoms with E-state index in [0.717, 1.165) is 0 Å². The van der Waals surface area contributed by atoms with E-state index >= 15 is 0 Å². The number of halogens is 2. The van der Waals surface area contributed by atoms with Crippen LogP contribution in [0.5, 0.6) is 0 Å². The Morgan fingerprint density at radius 2 is 1.81 bits per heavy atom. The van der Waals surface area contributed by atoms with Crippen molar-refractivity contribution in [3.63, 3.8) is 0 Å². The molecule has 4 heteroatoms. The van der Waals surface area contributed by atoms with Crippen molar-refractivity contribution in [2.45, 2.75) is 6.17 Å². The molecule has 2 rings (SSSR count). The fraction of sp³-hybridized carbons (Fsp3) is 0.0833. The molecule has 0 fully saturated rings. The summed E-state index contributed by atoms with van der Waals surface area (Å²) in [5.74, 6) is 0. The average Bonchev–Trinajstić information content (AvgIpc) is 2.30. The van der Waals surface area contributed by atoms with Crippen molar-refractivity contribution in [3.8, 4) is 0 Å². The maximum Gasteiger partial charge on any atom is 0.152 e. The lowest BCUT2D eigenvalue weighted by Gasteiger charge is -2.10. The fourth-order valence-corrected chi connectivity index (χ4v) is 1.45. The summed E-state index contributed by atoms with van der Waals surface area (Å²) in [7, 11) is 0. The lowest BCUT2D eigenvalue weighted by Crippen LogP contribution is -2.00. The summed E-state index contributed by atoms with van der Waals surface area (Å²) in [5.41, 5.74) is 7.12. The third-order valence-electron chi connectivity index (χ3n) is 2.25. The van der Waals surface area contributed by atoms with E-state index < -0.39 is 6.17 Å². The van der Waals surface area contributed by atoms with Gasteiger partial charge in [-0.15, -0.1) is 12.4 Å². The van der Waals surface area contributed by atoms with Crippen LogP contribution in [0.2, 0.25) is 0 Å². The first-order chi connectivity index (χ1) is 7.29. The molecule has 1 heterocycles. The topological polar surface area (TPSA) is 38.9 Å². The fourth-order valence-electron chi connectivity index (χ4n) is 1.45. The molecule has 1 aromatic carbocycles. The van der Waals surface area contributed by atoms with Gasteiger partial charge in [-0.05, 0) is 11.6 Å². The first kappa shape index (κ1) is 12.5. The lowest BCUT2D eigenvalue weighted by molar-refractivity contribution is 0.403. The first-order valence-electron chi connectivity index (χ1n) is 4.67. The van der Waals surface area contributed by atoms with Gasteiger partial charge in [-0.3, -0.25) is 4.98 Å². The monoisotopic (exact) mass is 238 g/mol. The Kier molecular flexibility index (Phi) is 4.26. The maximum absolute atomic E-state index is 14.0. The molecule has 0 saturated carbocycles. The van der Waals surface area contributed by atoms with Crippen molar-refractivity contribution in [1.82, 2.24) is 4.98 Å². The van der Waals surface area contributed by atoms with Crippen LogP contribution in [0.25, 0.3) is 0 Å². The molecule has 0 saturated heterocycles.